The number of alkyl halides is 3. The number of halogens is 5. The Kier molecular flexibility index (Phi) is 3.42. The SMILES string of the molecule is O=C(O)Cc1cc(C(F)(F)F)c(Cl)cc1F. The highest BCUT2D eigenvalue weighted by molar-refractivity contribution is 6.31. The fraction of sp³-hybridized carbons (Fsp3) is 0.222. The number of benzene rings is 1. The van der Waals surface area contributed by atoms with Crippen LogP contribution in [-0.2, 0) is 17.4 Å². The molecule has 0 heterocycles. The first-order valence-corrected chi connectivity index (χ1v) is 4.36. The molecule has 0 saturated carbocycles. The summed E-state index contributed by atoms with van der Waals surface area (Å²) < 4.78 is 50.1. The van der Waals surface area contributed by atoms with E-state index in [1.54, 1.807) is 0 Å². The fourth-order valence-corrected chi connectivity index (χ4v) is 1.37. The predicted octanol–water partition coefficient (Wildman–Crippen LogP) is 3.13. The van der Waals surface area contributed by atoms with E-state index in [0.29, 0.717) is 12.1 Å². The molecule has 0 fully saturated rings. The van der Waals surface area contributed by atoms with E-state index in [9.17, 15) is 22.4 Å². The fourth-order valence-electron chi connectivity index (χ4n) is 1.11. The Hall–Kier alpha value is -1.30. The Morgan fingerprint density at radius 3 is 2.38 bits per heavy atom. The molecule has 0 aromatic heterocycles. The summed E-state index contributed by atoms with van der Waals surface area (Å²) in [4.78, 5) is 10.3. The third kappa shape index (κ3) is 2.85. The molecular formula is C9H5ClF4O2. The molecule has 2 nitrogen and oxygen atoms in total. The number of hydrogen-bond acceptors (Lipinski definition) is 1. The van der Waals surface area contributed by atoms with E-state index in [4.69, 9.17) is 16.7 Å². The first kappa shape index (κ1) is 12.8. The Bertz CT molecular complexity index is 428. The Balaban J connectivity index is 3.27. The first-order valence-electron chi connectivity index (χ1n) is 3.98. The van der Waals surface area contributed by atoms with Gasteiger partial charge in [-0.1, -0.05) is 11.6 Å². The first-order chi connectivity index (χ1) is 7.21. The minimum atomic E-state index is -4.74. The normalized spacial score (nSPS) is 11.6. The van der Waals surface area contributed by atoms with Crippen LogP contribution in [0.2, 0.25) is 5.02 Å². The second-order valence-electron chi connectivity index (χ2n) is 2.99. The van der Waals surface area contributed by atoms with Crippen LogP contribution in [-0.4, -0.2) is 11.1 Å². The molecule has 0 spiro atoms. The highest BCUT2D eigenvalue weighted by Crippen LogP contribution is 2.36. The van der Waals surface area contributed by atoms with Crippen molar-refractivity contribution in [3.05, 3.63) is 34.1 Å². The second kappa shape index (κ2) is 4.29. The molecule has 0 aliphatic carbocycles. The lowest BCUT2D eigenvalue weighted by Crippen LogP contribution is -2.10. The molecular weight excluding hydrogens is 252 g/mol. The smallest absolute Gasteiger partial charge is 0.417 e. The summed E-state index contributed by atoms with van der Waals surface area (Å²) in [5.74, 6) is -2.49. The molecule has 0 aliphatic heterocycles. The molecule has 0 unspecified atom stereocenters. The van der Waals surface area contributed by atoms with Gasteiger partial charge in [-0.25, -0.2) is 4.39 Å². The summed E-state index contributed by atoms with van der Waals surface area (Å²) in [6, 6.07) is 0.869. The average Bonchev–Trinajstić information content (AvgIpc) is 2.06. The van der Waals surface area contributed by atoms with Crippen molar-refractivity contribution in [1.29, 1.82) is 0 Å². The lowest BCUT2D eigenvalue weighted by Gasteiger charge is -2.11. The van der Waals surface area contributed by atoms with Crippen molar-refractivity contribution in [1.82, 2.24) is 0 Å². The van der Waals surface area contributed by atoms with Gasteiger partial charge in [-0.2, -0.15) is 13.2 Å². The maximum absolute atomic E-state index is 13.1. The third-order valence-corrected chi connectivity index (χ3v) is 2.10. The van der Waals surface area contributed by atoms with Crippen molar-refractivity contribution in [3.63, 3.8) is 0 Å². The van der Waals surface area contributed by atoms with E-state index in [1.807, 2.05) is 0 Å². The molecule has 0 bridgehead atoms. The molecule has 88 valence electrons. The van der Waals surface area contributed by atoms with Crippen LogP contribution in [0.25, 0.3) is 0 Å². The van der Waals surface area contributed by atoms with E-state index in [0.717, 1.165) is 0 Å². The number of carboxylic acids is 1. The van der Waals surface area contributed by atoms with Crippen molar-refractivity contribution >= 4 is 17.6 Å². The summed E-state index contributed by atoms with van der Waals surface area (Å²) >= 11 is 5.22. The molecule has 0 atom stereocenters. The summed E-state index contributed by atoms with van der Waals surface area (Å²) in [6.45, 7) is 0. The second-order valence-corrected chi connectivity index (χ2v) is 3.40. The van der Waals surface area contributed by atoms with Gasteiger partial charge < -0.3 is 5.11 Å². The topological polar surface area (TPSA) is 37.3 Å². The molecule has 7 heteroatoms. The number of carbonyl (C=O) groups is 1. The van der Waals surface area contributed by atoms with Crippen molar-refractivity contribution in [3.8, 4) is 0 Å². The maximum atomic E-state index is 13.1. The highest BCUT2D eigenvalue weighted by Gasteiger charge is 2.34. The molecule has 0 saturated heterocycles. The molecule has 1 aromatic rings. The van der Waals surface area contributed by atoms with Crippen LogP contribution in [0.4, 0.5) is 17.6 Å². The lowest BCUT2D eigenvalue weighted by atomic mass is 10.1. The van der Waals surface area contributed by atoms with Gasteiger partial charge in [0, 0.05) is 0 Å². The van der Waals surface area contributed by atoms with Crippen LogP contribution in [0.3, 0.4) is 0 Å². The van der Waals surface area contributed by atoms with E-state index in [2.05, 4.69) is 0 Å². The van der Waals surface area contributed by atoms with Crippen LogP contribution in [0.15, 0.2) is 12.1 Å². The van der Waals surface area contributed by atoms with E-state index >= 15 is 0 Å². The van der Waals surface area contributed by atoms with Gasteiger partial charge in [0.05, 0.1) is 17.0 Å². The summed E-state index contributed by atoms with van der Waals surface area (Å²) in [5, 5.41) is 7.58. The Morgan fingerprint density at radius 2 is 1.94 bits per heavy atom. The molecule has 0 amide bonds. The van der Waals surface area contributed by atoms with Gasteiger partial charge in [0.2, 0.25) is 0 Å². The van der Waals surface area contributed by atoms with Crippen molar-refractivity contribution < 1.29 is 27.5 Å². The standard InChI is InChI=1S/C9H5ClF4O2/c10-6-3-7(11)4(2-8(15)16)1-5(6)9(12,13)14/h1,3H,2H2,(H,15,16). The summed E-state index contributed by atoms with van der Waals surface area (Å²) in [7, 11) is 0. The van der Waals surface area contributed by atoms with Crippen molar-refractivity contribution in [2.75, 3.05) is 0 Å². The molecule has 0 aliphatic rings. The van der Waals surface area contributed by atoms with Gasteiger partial charge in [-0.15, -0.1) is 0 Å². The van der Waals surface area contributed by atoms with Gasteiger partial charge in [0.25, 0.3) is 0 Å². The zero-order chi connectivity index (χ0) is 12.5. The lowest BCUT2D eigenvalue weighted by molar-refractivity contribution is -0.138. The van der Waals surface area contributed by atoms with Crippen molar-refractivity contribution in [2.24, 2.45) is 0 Å². The molecule has 16 heavy (non-hydrogen) atoms. The van der Waals surface area contributed by atoms with Gasteiger partial charge in [-0.05, 0) is 17.7 Å². The van der Waals surface area contributed by atoms with Crippen LogP contribution >= 0.6 is 11.6 Å². The highest BCUT2D eigenvalue weighted by atomic mass is 35.5. The van der Waals surface area contributed by atoms with Crippen molar-refractivity contribution in [2.45, 2.75) is 12.6 Å². The third-order valence-electron chi connectivity index (χ3n) is 1.78. The quantitative estimate of drug-likeness (QED) is 0.826. The number of carboxylic acid groups (broad SMARTS) is 1. The molecule has 1 rings (SSSR count). The Labute approximate surface area is 92.4 Å². The monoisotopic (exact) mass is 256 g/mol. The molecule has 0 radical (unpaired) electrons. The number of hydrogen-bond donors (Lipinski definition) is 1. The summed E-state index contributed by atoms with van der Waals surface area (Å²) in [6.07, 6.45) is -5.57. The van der Waals surface area contributed by atoms with Gasteiger partial charge in [0.15, 0.2) is 0 Å². The van der Waals surface area contributed by atoms with Crippen LogP contribution in [0.1, 0.15) is 11.1 Å². The van der Waals surface area contributed by atoms with Gasteiger partial charge in [0.1, 0.15) is 5.82 Å². The molecule has 1 N–H and O–H groups in total. The van der Waals surface area contributed by atoms with Gasteiger partial charge in [-0.3, -0.25) is 4.79 Å². The number of rotatable bonds is 2. The van der Waals surface area contributed by atoms with Crippen LogP contribution in [0.5, 0.6) is 0 Å². The van der Waals surface area contributed by atoms with Crippen LogP contribution in [0, 0.1) is 5.82 Å². The van der Waals surface area contributed by atoms with Crippen LogP contribution < -0.4 is 0 Å². The van der Waals surface area contributed by atoms with E-state index < -0.39 is 40.5 Å². The Morgan fingerprint density at radius 1 is 1.38 bits per heavy atom. The van der Waals surface area contributed by atoms with Gasteiger partial charge >= 0.3 is 12.1 Å². The minimum absolute atomic E-state index is 0.409. The number of aliphatic carboxylic acids is 1. The maximum Gasteiger partial charge on any atom is 0.417 e. The largest absolute Gasteiger partial charge is 0.481 e. The molecule has 1 aromatic carbocycles. The average molecular weight is 257 g/mol. The summed E-state index contributed by atoms with van der Waals surface area (Å²) in [5.41, 5.74) is -1.80. The predicted molar refractivity (Wildman–Crippen MR) is 47.8 cm³/mol. The van der Waals surface area contributed by atoms with E-state index in [1.165, 1.54) is 0 Å². The zero-order valence-corrected chi connectivity index (χ0v) is 8.36. The minimum Gasteiger partial charge on any atom is -0.481 e. The zero-order valence-electron chi connectivity index (χ0n) is 7.61. The van der Waals surface area contributed by atoms with E-state index in [-0.39, 0.29) is 0 Å².